The van der Waals surface area contributed by atoms with Crippen LogP contribution in [0, 0.1) is 6.92 Å². The minimum atomic E-state index is -0.930. The molecule has 0 amide bonds. The first-order valence-corrected chi connectivity index (χ1v) is 4.50. The summed E-state index contributed by atoms with van der Waals surface area (Å²) >= 11 is 1.25. The molecule has 0 aliphatic heterocycles. The number of anilines is 1. The lowest BCUT2D eigenvalue weighted by atomic mass is 10.1. The van der Waals surface area contributed by atoms with Crippen molar-refractivity contribution in [3.63, 3.8) is 0 Å². The third kappa shape index (κ3) is 1.30. The first kappa shape index (κ1) is 9.06. The highest BCUT2D eigenvalue weighted by molar-refractivity contribution is 7.14. The van der Waals surface area contributed by atoms with Gasteiger partial charge >= 0.3 is 5.97 Å². The number of nitrogen functional groups attached to an aromatic ring is 1. The van der Waals surface area contributed by atoms with E-state index in [0.717, 1.165) is 16.9 Å². The molecule has 0 aliphatic rings. The largest absolute Gasteiger partial charge is 0.477 e. The van der Waals surface area contributed by atoms with Gasteiger partial charge in [-0.1, -0.05) is 6.92 Å². The van der Waals surface area contributed by atoms with Crippen LogP contribution in [0.5, 0.6) is 0 Å². The van der Waals surface area contributed by atoms with E-state index in [0.29, 0.717) is 5.69 Å². The van der Waals surface area contributed by atoms with Crippen molar-refractivity contribution < 1.29 is 9.90 Å². The molecule has 0 bridgehead atoms. The van der Waals surface area contributed by atoms with Crippen LogP contribution in [0.1, 0.15) is 27.0 Å². The van der Waals surface area contributed by atoms with Crippen molar-refractivity contribution in [1.82, 2.24) is 0 Å². The molecule has 0 atom stereocenters. The van der Waals surface area contributed by atoms with Gasteiger partial charge in [-0.25, -0.2) is 4.79 Å². The maximum Gasteiger partial charge on any atom is 0.348 e. The van der Waals surface area contributed by atoms with E-state index in [9.17, 15) is 4.79 Å². The van der Waals surface area contributed by atoms with Crippen LogP contribution in [0.15, 0.2) is 0 Å². The van der Waals surface area contributed by atoms with Gasteiger partial charge in [0, 0.05) is 4.88 Å². The van der Waals surface area contributed by atoms with E-state index in [-0.39, 0.29) is 4.88 Å². The van der Waals surface area contributed by atoms with Crippen LogP contribution >= 0.6 is 11.3 Å². The smallest absolute Gasteiger partial charge is 0.348 e. The van der Waals surface area contributed by atoms with Crippen molar-refractivity contribution in [2.24, 2.45) is 0 Å². The Kier molecular flexibility index (Phi) is 2.38. The number of aryl methyl sites for hydroxylation is 1. The number of carboxylic acid groups (broad SMARTS) is 1. The normalized spacial score (nSPS) is 10.2. The highest BCUT2D eigenvalue weighted by atomic mass is 32.1. The second kappa shape index (κ2) is 3.15. The minimum absolute atomic E-state index is 0.268. The fraction of sp³-hybridized carbons (Fsp3) is 0.375. The van der Waals surface area contributed by atoms with Gasteiger partial charge < -0.3 is 10.8 Å². The molecule has 1 rings (SSSR count). The average Bonchev–Trinajstić information content (AvgIpc) is 2.27. The monoisotopic (exact) mass is 185 g/mol. The number of rotatable bonds is 2. The molecule has 0 unspecified atom stereocenters. The number of thiophene rings is 1. The van der Waals surface area contributed by atoms with E-state index in [2.05, 4.69) is 0 Å². The summed E-state index contributed by atoms with van der Waals surface area (Å²) in [6.45, 7) is 3.86. The number of hydrogen-bond donors (Lipinski definition) is 2. The summed E-state index contributed by atoms with van der Waals surface area (Å²) < 4.78 is 0. The summed E-state index contributed by atoms with van der Waals surface area (Å²) in [5.41, 5.74) is 7.05. The second-order valence-electron chi connectivity index (χ2n) is 2.54. The molecule has 12 heavy (non-hydrogen) atoms. The van der Waals surface area contributed by atoms with Gasteiger partial charge in [0.05, 0.1) is 5.69 Å². The van der Waals surface area contributed by atoms with Crippen molar-refractivity contribution >= 4 is 23.0 Å². The van der Waals surface area contributed by atoms with Gasteiger partial charge in [-0.15, -0.1) is 11.3 Å². The van der Waals surface area contributed by atoms with Crippen molar-refractivity contribution in [3.05, 3.63) is 15.3 Å². The van der Waals surface area contributed by atoms with Gasteiger partial charge in [-0.05, 0) is 18.9 Å². The molecule has 0 spiro atoms. The first-order chi connectivity index (χ1) is 5.57. The SMILES string of the molecule is CCc1c(C)sc(C(=O)O)c1N. The second-order valence-corrected chi connectivity index (χ2v) is 3.76. The Bertz CT molecular complexity index is 317. The number of carbonyl (C=O) groups is 1. The number of nitrogens with two attached hydrogens (primary N) is 1. The molecule has 1 heterocycles. The number of carboxylic acids is 1. The fourth-order valence-electron chi connectivity index (χ4n) is 1.19. The highest BCUT2D eigenvalue weighted by Crippen LogP contribution is 2.30. The van der Waals surface area contributed by atoms with Gasteiger partial charge in [0.15, 0.2) is 0 Å². The van der Waals surface area contributed by atoms with Crippen LogP contribution in [-0.2, 0) is 6.42 Å². The van der Waals surface area contributed by atoms with E-state index < -0.39 is 5.97 Å². The maximum absolute atomic E-state index is 10.6. The van der Waals surface area contributed by atoms with E-state index in [1.807, 2.05) is 13.8 Å². The molecule has 1 aromatic heterocycles. The molecule has 1 aromatic rings. The van der Waals surface area contributed by atoms with Gasteiger partial charge in [-0.3, -0.25) is 0 Å². The highest BCUT2D eigenvalue weighted by Gasteiger charge is 2.16. The van der Waals surface area contributed by atoms with E-state index in [1.54, 1.807) is 0 Å². The minimum Gasteiger partial charge on any atom is -0.477 e. The average molecular weight is 185 g/mol. The molecule has 66 valence electrons. The summed E-state index contributed by atoms with van der Waals surface area (Å²) in [7, 11) is 0. The predicted molar refractivity (Wildman–Crippen MR) is 49.8 cm³/mol. The molecule has 4 heteroatoms. The van der Waals surface area contributed by atoms with E-state index in [4.69, 9.17) is 10.8 Å². The summed E-state index contributed by atoms with van der Waals surface area (Å²) in [4.78, 5) is 11.9. The Labute approximate surface area is 74.8 Å². The summed E-state index contributed by atoms with van der Waals surface area (Å²) in [5.74, 6) is -0.930. The first-order valence-electron chi connectivity index (χ1n) is 3.69. The molecular formula is C8H11NO2S. The number of aromatic carboxylic acids is 1. The third-order valence-corrected chi connectivity index (χ3v) is 2.95. The molecular weight excluding hydrogens is 174 g/mol. The lowest BCUT2D eigenvalue weighted by Crippen LogP contribution is -1.99. The Morgan fingerprint density at radius 2 is 2.25 bits per heavy atom. The topological polar surface area (TPSA) is 63.3 Å². The van der Waals surface area contributed by atoms with Crippen molar-refractivity contribution in [2.75, 3.05) is 5.73 Å². The quantitative estimate of drug-likeness (QED) is 0.739. The third-order valence-electron chi connectivity index (χ3n) is 1.80. The summed E-state index contributed by atoms with van der Waals surface area (Å²) in [6.07, 6.45) is 0.793. The zero-order chi connectivity index (χ0) is 9.30. The zero-order valence-corrected chi connectivity index (χ0v) is 7.86. The molecule has 0 fully saturated rings. The molecule has 3 N–H and O–H groups in total. The van der Waals surface area contributed by atoms with Gasteiger partial charge in [-0.2, -0.15) is 0 Å². The Hall–Kier alpha value is -1.03. The van der Waals surface area contributed by atoms with E-state index in [1.165, 1.54) is 11.3 Å². The zero-order valence-electron chi connectivity index (χ0n) is 7.05. The summed E-state index contributed by atoms with van der Waals surface area (Å²) in [6, 6.07) is 0. The molecule has 3 nitrogen and oxygen atoms in total. The van der Waals surface area contributed by atoms with Crippen molar-refractivity contribution in [3.8, 4) is 0 Å². The number of hydrogen-bond acceptors (Lipinski definition) is 3. The Morgan fingerprint density at radius 3 is 2.50 bits per heavy atom. The molecule has 0 aromatic carbocycles. The fourth-order valence-corrected chi connectivity index (χ4v) is 2.20. The molecule has 0 saturated heterocycles. The maximum atomic E-state index is 10.6. The molecule has 0 radical (unpaired) electrons. The van der Waals surface area contributed by atoms with Crippen LogP contribution in [0.4, 0.5) is 5.69 Å². The van der Waals surface area contributed by atoms with Crippen LogP contribution in [0.3, 0.4) is 0 Å². The van der Waals surface area contributed by atoms with Crippen molar-refractivity contribution in [1.29, 1.82) is 0 Å². The van der Waals surface area contributed by atoms with Crippen molar-refractivity contribution in [2.45, 2.75) is 20.3 Å². The van der Waals surface area contributed by atoms with Gasteiger partial charge in [0.1, 0.15) is 4.88 Å². The van der Waals surface area contributed by atoms with E-state index >= 15 is 0 Å². The lowest BCUT2D eigenvalue weighted by molar-refractivity contribution is 0.0703. The van der Waals surface area contributed by atoms with Crippen LogP contribution < -0.4 is 5.73 Å². The van der Waals surface area contributed by atoms with Gasteiger partial charge in [0.25, 0.3) is 0 Å². The molecule has 0 saturated carbocycles. The lowest BCUT2D eigenvalue weighted by Gasteiger charge is -1.95. The van der Waals surface area contributed by atoms with Crippen LogP contribution in [0.2, 0.25) is 0 Å². The van der Waals surface area contributed by atoms with Crippen LogP contribution in [0.25, 0.3) is 0 Å². The Balaban J connectivity index is 3.26. The summed E-state index contributed by atoms with van der Waals surface area (Å²) in [5, 5.41) is 8.73. The Morgan fingerprint density at radius 1 is 1.67 bits per heavy atom. The van der Waals surface area contributed by atoms with Crippen LogP contribution in [-0.4, -0.2) is 11.1 Å². The van der Waals surface area contributed by atoms with Gasteiger partial charge in [0.2, 0.25) is 0 Å². The predicted octanol–water partition coefficient (Wildman–Crippen LogP) is 1.90. The molecule has 0 aliphatic carbocycles. The standard InChI is InChI=1S/C8H11NO2S/c1-3-5-4(2)12-7(6(5)9)8(10)11/h3,9H2,1-2H3,(H,10,11).